The lowest BCUT2D eigenvalue weighted by atomic mass is 10.1. The number of aliphatic hydroxyl groups excluding tert-OH is 1. The first kappa shape index (κ1) is 12.1. The first-order valence-corrected chi connectivity index (χ1v) is 5.75. The molecule has 0 unspecified atom stereocenters. The Morgan fingerprint density at radius 1 is 1.35 bits per heavy atom. The summed E-state index contributed by atoms with van der Waals surface area (Å²) in [5.74, 6) is 5.35. The standard InChI is InChI=1S/C14H15FO2/c1-10(16)2-7-13-8-9-14(17-13)11-3-5-12(15)6-4-11/h3-6,10,13-14,16H,8-9H2,1H3/t10-,13-,14+/m0/s1. The predicted octanol–water partition coefficient (Wildman–Crippen LogP) is 2.43. The number of ether oxygens (including phenoxy) is 1. The number of rotatable bonds is 1. The fourth-order valence-electron chi connectivity index (χ4n) is 1.88. The van der Waals surface area contributed by atoms with Gasteiger partial charge in [-0.2, -0.15) is 0 Å². The predicted molar refractivity (Wildman–Crippen MR) is 62.7 cm³/mol. The van der Waals surface area contributed by atoms with Crippen molar-refractivity contribution in [2.75, 3.05) is 0 Å². The summed E-state index contributed by atoms with van der Waals surface area (Å²) in [4.78, 5) is 0. The van der Waals surface area contributed by atoms with Gasteiger partial charge < -0.3 is 9.84 Å². The zero-order chi connectivity index (χ0) is 12.3. The van der Waals surface area contributed by atoms with Crippen LogP contribution in [-0.2, 0) is 4.74 Å². The Labute approximate surface area is 100 Å². The molecule has 1 N–H and O–H groups in total. The molecule has 1 aliphatic heterocycles. The molecule has 1 aromatic carbocycles. The molecule has 17 heavy (non-hydrogen) atoms. The Morgan fingerprint density at radius 3 is 2.71 bits per heavy atom. The van der Waals surface area contributed by atoms with Gasteiger partial charge in [0.2, 0.25) is 0 Å². The quantitative estimate of drug-likeness (QED) is 0.756. The van der Waals surface area contributed by atoms with E-state index in [9.17, 15) is 4.39 Å². The van der Waals surface area contributed by atoms with Crippen LogP contribution in [0.15, 0.2) is 24.3 Å². The van der Waals surface area contributed by atoms with Gasteiger partial charge in [-0.25, -0.2) is 4.39 Å². The van der Waals surface area contributed by atoms with Gasteiger partial charge in [-0.3, -0.25) is 0 Å². The summed E-state index contributed by atoms with van der Waals surface area (Å²) in [7, 11) is 0. The van der Waals surface area contributed by atoms with Crippen LogP contribution in [0.5, 0.6) is 0 Å². The SMILES string of the molecule is C[C@H](O)C#C[C@H]1CC[C@H](c2ccc(F)cc2)O1. The molecule has 0 bridgehead atoms. The number of hydrogen-bond acceptors (Lipinski definition) is 2. The lowest BCUT2D eigenvalue weighted by Crippen LogP contribution is -2.05. The summed E-state index contributed by atoms with van der Waals surface area (Å²) in [6.07, 6.45) is 0.971. The van der Waals surface area contributed by atoms with Crippen LogP contribution in [0.2, 0.25) is 0 Å². The van der Waals surface area contributed by atoms with Crippen molar-refractivity contribution < 1.29 is 14.2 Å². The second kappa shape index (κ2) is 5.31. The van der Waals surface area contributed by atoms with E-state index in [4.69, 9.17) is 9.84 Å². The number of aliphatic hydroxyl groups is 1. The number of hydrogen-bond donors (Lipinski definition) is 1. The molecule has 0 saturated carbocycles. The minimum atomic E-state index is -0.622. The minimum Gasteiger partial charge on any atom is -0.381 e. The van der Waals surface area contributed by atoms with Gasteiger partial charge in [0.05, 0.1) is 6.10 Å². The summed E-state index contributed by atoms with van der Waals surface area (Å²) in [6, 6.07) is 6.36. The van der Waals surface area contributed by atoms with Crippen molar-refractivity contribution in [3.63, 3.8) is 0 Å². The second-order valence-corrected chi connectivity index (χ2v) is 4.21. The molecule has 3 heteroatoms. The van der Waals surface area contributed by atoms with Crippen LogP contribution >= 0.6 is 0 Å². The summed E-state index contributed by atoms with van der Waals surface area (Å²) >= 11 is 0. The molecule has 3 atom stereocenters. The monoisotopic (exact) mass is 234 g/mol. The van der Waals surface area contributed by atoms with Crippen LogP contribution in [0.1, 0.15) is 31.4 Å². The van der Waals surface area contributed by atoms with Crippen LogP contribution in [0.4, 0.5) is 4.39 Å². The Kier molecular flexibility index (Phi) is 3.78. The summed E-state index contributed by atoms with van der Waals surface area (Å²) in [5, 5.41) is 9.06. The molecule has 0 aromatic heterocycles. The lowest BCUT2D eigenvalue weighted by molar-refractivity contribution is 0.0758. The molecule has 2 rings (SSSR count). The Hall–Kier alpha value is -1.37. The average molecular weight is 234 g/mol. The number of halogens is 1. The first-order valence-electron chi connectivity index (χ1n) is 5.75. The zero-order valence-corrected chi connectivity index (χ0v) is 9.69. The van der Waals surface area contributed by atoms with Gasteiger partial charge in [0, 0.05) is 0 Å². The highest BCUT2D eigenvalue weighted by atomic mass is 19.1. The first-order chi connectivity index (χ1) is 8.15. The van der Waals surface area contributed by atoms with E-state index in [1.165, 1.54) is 12.1 Å². The normalized spacial score (nSPS) is 25.1. The molecule has 1 aromatic rings. The van der Waals surface area contributed by atoms with Crippen LogP contribution in [0.3, 0.4) is 0 Å². The van der Waals surface area contributed by atoms with E-state index < -0.39 is 6.10 Å². The zero-order valence-electron chi connectivity index (χ0n) is 9.69. The molecular weight excluding hydrogens is 219 g/mol. The largest absolute Gasteiger partial charge is 0.381 e. The van der Waals surface area contributed by atoms with E-state index in [0.29, 0.717) is 0 Å². The van der Waals surface area contributed by atoms with E-state index in [0.717, 1.165) is 18.4 Å². The second-order valence-electron chi connectivity index (χ2n) is 4.21. The molecular formula is C14H15FO2. The summed E-state index contributed by atoms with van der Waals surface area (Å²) < 4.78 is 18.5. The average Bonchev–Trinajstić information content (AvgIpc) is 2.76. The molecule has 1 heterocycles. The maximum atomic E-state index is 12.8. The molecule has 1 fully saturated rings. The van der Waals surface area contributed by atoms with Crippen molar-refractivity contribution in [3.8, 4) is 11.8 Å². The molecule has 2 nitrogen and oxygen atoms in total. The summed E-state index contributed by atoms with van der Waals surface area (Å²) in [6.45, 7) is 1.62. The number of benzene rings is 1. The van der Waals surface area contributed by atoms with Gasteiger partial charge in [-0.15, -0.1) is 0 Å². The highest BCUT2D eigenvalue weighted by Crippen LogP contribution is 2.32. The van der Waals surface area contributed by atoms with E-state index in [-0.39, 0.29) is 18.0 Å². The van der Waals surface area contributed by atoms with Crippen LogP contribution in [-0.4, -0.2) is 17.3 Å². The van der Waals surface area contributed by atoms with E-state index in [2.05, 4.69) is 11.8 Å². The highest BCUT2D eigenvalue weighted by molar-refractivity contribution is 5.21. The summed E-state index contributed by atoms with van der Waals surface area (Å²) in [5.41, 5.74) is 0.979. The Bertz CT molecular complexity index is 428. The van der Waals surface area contributed by atoms with Gasteiger partial charge in [0.15, 0.2) is 0 Å². The fourth-order valence-corrected chi connectivity index (χ4v) is 1.88. The van der Waals surface area contributed by atoms with Gasteiger partial charge in [0.25, 0.3) is 0 Å². The van der Waals surface area contributed by atoms with Gasteiger partial charge in [0.1, 0.15) is 18.0 Å². The van der Waals surface area contributed by atoms with Crippen LogP contribution < -0.4 is 0 Å². The molecule has 1 aliphatic rings. The van der Waals surface area contributed by atoms with E-state index in [1.807, 2.05) is 0 Å². The van der Waals surface area contributed by atoms with Crippen molar-refractivity contribution in [2.45, 2.75) is 38.1 Å². The van der Waals surface area contributed by atoms with Crippen molar-refractivity contribution in [1.82, 2.24) is 0 Å². The molecule has 0 radical (unpaired) electrons. The molecule has 90 valence electrons. The van der Waals surface area contributed by atoms with Crippen molar-refractivity contribution in [3.05, 3.63) is 35.6 Å². The third kappa shape index (κ3) is 3.29. The van der Waals surface area contributed by atoms with Gasteiger partial charge in [-0.1, -0.05) is 24.0 Å². The van der Waals surface area contributed by atoms with Crippen molar-refractivity contribution in [1.29, 1.82) is 0 Å². The maximum absolute atomic E-state index is 12.8. The molecule has 0 spiro atoms. The maximum Gasteiger partial charge on any atom is 0.123 e. The molecule has 1 saturated heterocycles. The molecule has 0 aliphatic carbocycles. The van der Waals surface area contributed by atoms with E-state index >= 15 is 0 Å². The highest BCUT2D eigenvalue weighted by Gasteiger charge is 2.25. The third-order valence-corrected chi connectivity index (χ3v) is 2.71. The molecule has 0 amide bonds. The third-order valence-electron chi connectivity index (χ3n) is 2.71. The minimum absolute atomic E-state index is 0.0103. The van der Waals surface area contributed by atoms with Crippen LogP contribution in [0.25, 0.3) is 0 Å². The van der Waals surface area contributed by atoms with Crippen molar-refractivity contribution in [2.24, 2.45) is 0 Å². The Balaban J connectivity index is 1.99. The van der Waals surface area contributed by atoms with Crippen molar-refractivity contribution >= 4 is 0 Å². The topological polar surface area (TPSA) is 29.5 Å². The van der Waals surface area contributed by atoms with Gasteiger partial charge >= 0.3 is 0 Å². The van der Waals surface area contributed by atoms with E-state index in [1.54, 1.807) is 19.1 Å². The fraction of sp³-hybridized carbons (Fsp3) is 0.429. The smallest absolute Gasteiger partial charge is 0.123 e. The Morgan fingerprint density at radius 2 is 2.06 bits per heavy atom. The van der Waals surface area contributed by atoms with Crippen LogP contribution in [0, 0.1) is 17.7 Å². The van der Waals surface area contributed by atoms with Gasteiger partial charge in [-0.05, 0) is 37.5 Å². The lowest BCUT2D eigenvalue weighted by Gasteiger charge is -2.10.